The minimum Gasteiger partial charge on any atom is -0.486 e. The Kier molecular flexibility index (Phi) is 2.70. The van der Waals surface area contributed by atoms with Gasteiger partial charge in [0, 0.05) is 18.7 Å². The average Bonchev–Trinajstić information content (AvgIpc) is 2.33. The summed E-state index contributed by atoms with van der Waals surface area (Å²) in [5, 5.41) is 3.42. The maximum atomic E-state index is 5.98. The third-order valence-corrected chi connectivity index (χ3v) is 2.79. The van der Waals surface area contributed by atoms with Crippen LogP contribution in [0.4, 0.5) is 0 Å². The molecule has 1 N–H and O–H groups in total. The van der Waals surface area contributed by atoms with E-state index in [9.17, 15) is 0 Å². The number of hydrogen-bond donors (Lipinski definition) is 1. The summed E-state index contributed by atoms with van der Waals surface area (Å²) in [6.07, 6.45) is 1.08. The SMILES string of the molecule is CCc1ccc2c(c1)CNCC(C)(C)O2. The van der Waals surface area contributed by atoms with Crippen molar-refractivity contribution in [2.45, 2.75) is 39.3 Å². The molecular weight excluding hydrogens is 186 g/mol. The molecular formula is C13H19NO. The van der Waals surface area contributed by atoms with E-state index < -0.39 is 0 Å². The van der Waals surface area contributed by atoms with Crippen LogP contribution in [0.25, 0.3) is 0 Å². The zero-order valence-corrected chi connectivity index (χ0v) is 9.76. The first-order chi connectivity index (χ1) is 7.11. The molecule has 15 heavy (non-hydrogen) atoms. The van der Waals surface area contributed by atoms with Gasteiger partial charge in [-0.25, -0.2) is 0 Å². The second-order valence-corrected chi connectivity index (χ2v) is 4.76. The molecule has 0 spiro atoms. The lowest BCUT2D eigenvalue weighted by molar-refractivity contribution is 0.115. The van der Waals surface area contributed by atoms with Gasteiger partial charge in [-0.2, -0.15) is 0 Å². The zero-order chi connectivity index (χ0) is 10.9. The fraction of sp³-hybridized carbons (Fsp3) is 0.538. The molecule has 1 aromatic rings. The first-order valence-electron chi connectivity index (χ1n) is 5.62. The predicted octanol–water partition coefficient (Wildman–Crippen LogP) is 2.51. The molecule has 0 bridgehead atoms. The molecule has 0 radical (unpaired) electrons. The van der Waals surface area contributed by atoms with E-state index in [4.69, 9.17) is 4.74 Å². The molecule has 1 aromatic carbocycles. The normalized spacial score (nSPS) is 18.9. The van der Waals surface area contributed by atoms with Crippen molar-refractivity contribution in [2.24, 2.45) is 0 Å². The third kappa shape index (κ3) is 2.32. The number of rotatable bonds is 1. The van der Waals surface area contributed by atoms with Gasteiger partial charge < -0.3 is 10.1 Å². The summed E-state index contributed by atoms with van der Waals surface area (Å²) < 4.78 is 5.98. The lowest BCUT2D eigenvalue weighted by Crippen LogP contribution is -2.37. The molecule has 0 aromatic heterocycles. The molecule has 0 fully saturated rings. The Balaban J connectivity index is 2.34. The van der Waals surface area contributed by atoms with Crippen LogP contribution in [-0.4, -0.2) is 12.1 Å². The smallest absolute Gasteiger partial charge is 0.124 e. The van der Waals surface area contributed by atoms with Crippen molar-refractivity contribution in [1.82, 2.24) is 5.32 Å². The number of ether oxygens (including phenoxy) is 1. The standard InChI is InChI=1S/C13H19NO/c1-4-10-5-6-12-11(7-10)8-14-9-13(2,3)15-12/h5-7,14H,4,8-9H2,1-3H3. The van der Waals surface area contributed by atoms with Gasteiger partial charge >= 0.3 is 0 Å². The first-order valence-corrected chi connectivity index (χ1v) is 5.62. The second-order valence-electron chi connectivity index (χ2n) is 4.76. The van der Waals surface area contributed by atoms with Crippen LogP contribution in [-0.2, 0) is 13.0 Å². The van der Waals surface area contributed by atoms with E-state index in [2.05, 4.69) is 44.3 Å². The number of hydrogen-bond acceptors (Lipinski definition) is 2. The maximum Gasteiger partial charge on any atom is 0.124 e. The number of aryl methyl sites for hydroxylation is 1. The summed E-state index contributed by atoms with van der Waals surface area (Å²) in [5.74, 6) is 1.03. The summed E-state index contributed by atoms with van der Waals surface area (Å²) in [6.45, 7) is 8.21. The Labute approximate surface area is 91.6 Å². The molecule has 0 unspecified atom stereocenters. The molecule has 2 nitrogen and oxygen atoms in total. The van der Waals surface area contributed by atoms with Crippen LogP contribution >= 0.6 is 0 Å². The van der Waals surface area contributed by atoms with Gasteiger partial charge in [0.2, 0.25) is 0 Å². The van der Waals surface area contributed by atoms with Gasteiger partial charge in [-0.15, -0.1) is 0 Å². The van der Waals surface area contributed by atoms with E-state index in [0.717, 1.165) is 25.3 Å². The second kappa shape index (κ2) is 3.86. The largest absolute Gasteiger partial charge is 0.486 e. The number of nitrogens with one attached hydrogen (secondary N) is 1. The van der Waals surface area contributed by atoms with Crippen molar-refractivity contribution in [3.63, 3.8) is 0 Å². The molecule has 0 amide bonds. The highest BCUT2D eigenvalue weighted by molar-refractivity contribution is 5.38. The van der Waals surface area contributed by atoms with Gasteiger partial charge in [0.15, 0.2) is 0 Å². The van der Waals surface area contributed by atoms with Gasteiger partial charge in [0.1, 0.15) is 11.4 Å². The molecule has 2 heteroatoms. The van der Waals surface area contributed by atoms with Gasteiger partial charge in [-0.05, 0) is 31.9 Å². The molecule has 2 rings (SSSR count). The minimum absolute atomic E-state index is 0.112. The van der Waals surface area contributed by atoms with Crippen LogP contribution < -0.4 is 10.1 Å². The van der Waals surface area contributed by atoms with Crippen molar-refractivity contribution >= 4 is 0 Å². The number of benzene rings is 1. The molecule has 0 aliphatic carbocycles. The van der Waals surface area contributed by atoms with Crippen LogP contribution in [0.5, 0.6) is 5.75 Å². The Morgan fingerprint density at radius 2 is 2.20 bits per heavy atom. The highest BCUT2D eigenvalue weighted by atomic mass is 16.5. The maximum absolute atomic E-state index is 5.98. The lowest BCUT2D eigenvalue weighted by Gasteiger charge is -2.24. The van der Waals surface area contributed by atoms with Crippen LogP contribution in [0.3, 0.4) is 0 Å². The van der Waals surface area contributed by atoms with Crippen LogP contribution in [0.15, 0.2) is 18.2 Å². The number of fused-ring (bicyclic) bond motifs is 1. The topological polar surface area (TPSA) is 21.3 Å². The van der Waals surface area contributed by atoms with Crippen molar-refractivity contribution in [1.29, 1.82) is 0 Å². The summed E-state index contributed by atoms with van der Waals surface area (Å²) in [4.78, 5) is 0. The quantitative estimate of drug-likeness (QED) is 0.760. The van der Waals surface area contributed by atoms with Gasteiger partial charge in [-0.3, -0.25) is 0 Å². The molecule has 1 aliphatic heterocycles. The highest BCUT2D eigenvalue weighted by Gasteiger charge is 2.23. The Bertz CT molecular complexity index is 358. The summed E-state index contributed by atoms with van der Waals surface area (Å²) in [7, 11) is 0. The van der Waals surface area contributed by atoms with Crippen molar-refractivity contribution < 1.29 is 4.74 Å². The Morgan fingerprint density at radius 3 is 2.93 bits per heavy atom. The highest BCUT2D eigenvalue weighted by Crippen LogP contribution is 2.26. The van der Waals surface area contributed by atoms with Crippen molar-refractivity contribution in [3.05, 3.63) is 29.3 Å². The van der Waals surface area contributed by atoms with Gasteiger partial charge in [0.05, 0.1) is 0 Å². The molecule has 0 atom stereocenters. The minimum atomic E-state index is -0.112. The van der Waals surface area contributed by atoms with E-state index in [-0.39, 0.29) is 5.60 Å². The van der Waals surface area contributed by atoms with Gasteiger partial charge in [-0.1, -0.05) is 19.1 Å². The van der Waals surface area contributed by atoms with E-state index in [0.29, 0.717) is 0 Å². The van der Waals surface area contributed by atoms with E-state index in [1.165, 1.54) is 11.1 Å². The van der Waals surface area contributed by atoms with Crippen molar-refractivity contribution in [3.8, 4) is 5.75 Å². The predicted molar refractivity (Wildman–Crippen MR) is 62.2 cm³/mol. The summed E-state index contributed by atoms with van der Waals surface area (Å²) >= 11 is 0. The van der Waals surface area contributed by atoms with E-state index >= 15 is 0 Å². The van der Waals surface area contributed by atoms with Crippen LogP contribution in [0.2, 0.25) is 0 Å². The Hall–Kier alpha value is -1.02. The molecule has 0 saturated carbocycles. The molecule has 1 heterocycles. The van der Waals surface area contributed by atoms with E-state index in [1.54, 1.807) is 0 Å². The third-order valence-electron chi connectivity index (χ3n) is 2.79. The van der Waals surface area contributed by atoms with Gasteiger partial charge in [0.25, 0.3) is 0 Å². The lowest BCUT2D eigenvalue weighted by atomic mass is 10.1. The average molecular weight is 205 g/mol. The molecule has 1 aliphatic rings. The van der Waals surface area contributed by atoms with Crippen LogP contribution in [0.1, 0.15) is 31.9 Å². The molecule has 0 saturated heterocycles. The summed E-state index contributed by atoms with van der Waals surface area (Å²) in [5.41, 5.74) is 2.54. The molecule has 82 valence electrons. The fourth-order valence-electron chi connectivity index (χ4n) is 1.92. The monoisotopic (exact) mass is 205 g/mol. The fourth-order valence-corrected chi connectivity index (χ4v) is 1.92. The first kappa shape index (κ1) is 10.5. The summed E-state index contributed by atoms with van der Waals surface area (Å²) in [6, 6.07) is 6.49. The zero-order valence-electron chi connectivity index (χ0n) is 9.76. The van der Waals surface area contributed by atoms with Crippen LogP contribution in [0, 0.1) is 0 Å². The Morgan fingerprint density at radius 1 is 1.40 bits per heavy atom. The van der Waals surface area contributed by atoms with E-state index in [1.807, 2.05) is 0 Å². The van der Waals surface area contributed by atoms with Crippen molar-refractivity contribution in [2.75, 3.05) is 6.54 Å².